The summed E-state index contributed by atoms with van der Waals surface area (Å²) in [6, 6.07) is 3.42. The first-order chi connectivity index (χ1) is 9.19. The highest BCUT2D eigenvalue weighted by Gasteiger charge is 2.41. The minimum absolute atomic E-state index is 0.113. The Morgan fingerprint density at radius 1 is 1.26 bits per heavy atom. The highest BCUT2D eigenvalue weighted by atomic mass is 35.5. The summed E-state index contributed by atoms with van der Waals surface area (Å²) >= 11 is 5.77. The fourth-order valence-corrected chi connectivity index (χ4v) is 3.30. The van der Waals surface area contributed by atoms with Gasteiger partial charge in [0.15, 0.2) is 5.22 Å². The van der Waals surface area contributed by atoms with Gasteiger partial charge in [-0.3, -0.25) is 0 Å². The van der Waals surface area contributed by atoms with E-state index in [0.29, 0.717) is 17.6 Å². The predicted molar refractivity (Wildman–Crippen MR) is 70.1 cm³/mol. The molecule has 1 aromatic heterocycles. The quantitative estimate of drug-likeness (QED) is 0.908. The number of hydrogen-bond acceptors (Lipinski definition) is 4. The number of furan rings is 1. The molecular weight excluding hydrogens is 268 g/mol. The molecule has 0 radical (unpaired) electrons. The molecule has 0 amide bonds. The van der Waals surface area contributed by atoms with Gasteiger partial charge in [0.05, 0.1) is 5.60 Å². The van der Waals surface area contributed by atoms with Gasteiger partial charge in [0.25, 0.3) is 0 Å². The zero-order valence-electron chi connectivity index (χ0n) is 10.8. The van der Waals surface area contributed by atoms with Crippen LogP contribution in [0.2, 0.25) is 5.22 Å². The van der Waals surface area contributed by atoms with Crippen LogP contribution in [-0.2, 0) is 9.47 Å². The molecule has 3 heterocycles. The van der Waals surface area contributed by atoms with E-state index in [9.17, 15) is 5.11 Å². The molecule has 3 rings (SSSR count). The van der Waals surface area contributed by atoms with Crippen LogP contribution in [0.4, 0.5) is 0 Å². The highest BCUT2D eigenvalue weighted by molar-refractivity contribution is 6.28. The van der Waals surface area contributed by atoms with E-state index >= 15 is 0 Å². The van der Waals surface area contributed by atoms with Crippen LogP contribution in [0.5, 0.6) is 0 Å². The fraction of sp³-hybridized carbons (Fsp3) is 0.714. The first-order valence-electron chi connectivity index (χ1n) is 6.84. The van der Waals surface area contributed by atoms with Crippen LogP contribution in [0.15, 0.2) is 16.5 Å². The number of aliphatic hydroxyl groups excluding tert-OH is 1. The number of rotatable bonds is 2. The molecule has 1 aromatic rings. The maximum atomic E-state index is 10.4. The van der Waals surface area contributed by atoms with Gasteiger partial charge in [-0.05, 0) is 55.3 Å². The molecule has 19 heavy (non-hydrogen) atoms. The van der Waals surface area contributed by atoms with Gasteiger partial charge in [0.2, 0.25) is 0 Å². The van der Waals surface area contributed by atoms with E-state index < -0.39 is 6.10 Å². The molecule has 2 aliphatic heterocycles. The van der Waals surface area contributed by atoms with Gasteiger partial charge in [0, 0.05) is 19.8 Å². The third kappa shape index (κ3) is 2.82. The molecule has 5 heteroatoms. The fourth-order valence-electron chi connectivity index (χ4n) is 3.15. The summed E-state index contributed by atoms with van der Waals surface area (Å²) in [6.45, 7) is 2.18. The molecule has 1 N–H and O–H groups in total. The summed E-state index contributed by atoms with van der Waals surface area (Å²) in [7, 11) is 0. The summed E-state index contributed by atoms with van der Waals surface area (Å²) in [6.07, 6.45) is 2.93. The average molecular weight is 287 g/mol. The Morgan fingerprint density at radius 3 is 2.74 bits per heavy atom. The second-order valence-electron chi connectivity index (χ2n) is 5.48. The summed E-state index contributed by atoms with van der Waals surface area (Å²) in [4.78, 5) is 0. The molecule has 2 aliphatic rings. The summed E-state index contributed by atoms with van der Waals surface area (Å²) in [5.41, 5.74) is -0.113. The first kappa shape index (κ1) is 13.4. The Balaban J connectivity index is 1.70. The van der Waals surface area contributed by atoms with Crippen molar-refractivity contribution in [3.63, 3.8) is 0 Å². The Kier molecular flexibility index (Phi) is 3.85. The van der Waals surface area contributed by atoms with Crippen molar-refractivity contribution in [3.05, 3.63) is 23.1 Å². The maximum absolute atomic E-state index is 10.4. The third-order valence-electron chi connectivity index (χ3n) is 4.27. The summed E-state index contributed by atoms with van der Waals surface area (Å²) in [5.74, 6) is 0.716. The third-order valence-corrected chi connectivity index (χ3v) is 4.47. The maximum Gasteiger partial charge on any atom is 0.193 e. The molecule has 0 saturated carbocycles. The van der Waals surface area contributed by atoms with Gasteiger partial charge in [-0.2, -0.15) is 0 Å². The van der Waals surface area contributed by atoms with Gasteiger partial charge in [-0.15, -0.1) is 0 Å². The van der Waals surface area contributed by atoms with Crippen molar-refractivity contribution in [2.24, 2.45) is 5.92 Å². The van der Waals surface area contributed by atoms with Crippen molar-refractivity contribution in [2.75, 3.05) is 19.8 Å². The van der Waals surface area contributed by atoms with E-state index in [1.807, 2.05) is 0 Å². The molecule has 2 unspecified atom stereocenters. The van der Waals surface area contributed by atoms with E-state index in [0.717, 1.165) is 38.9 Å². The lowest BCUT2D eigenvalue weighted by Crippen LogP contribution is -2.45. The van der Waals surface area contributed by atoms with Gasteiger partial charge < -0.3 is 19.0 Å². The largest absolute Gasteiger partial charge is 0.447 e. The standard InChI is InChI=1S/C14H19ClO4/c15-12-2-1-11(19-12)13(16)10-3-6-18-14(9-10)4-7-17-8-5-14/h1-2,10,13,16H,3-9H2. The van der Waals surface area contributed by atoms with Crippen LogP contribution in [0.3, 0.4) is 0 Å². The molecular formula is C14H19ClO4. The molecule has 0 aromatic carbocycles. The Labute approximate surface area is 117 Å². The predicted octanol–water partition coefficient (Wildman–Crippen LogP) is 2.94. The number of hydrogen-bond donors (Lipinski definition) is 1. The molecule has 4 nitrogen and oxygen atoms in total. The van der Waals surface area contributed by atoms with Gasteiger partial charge in [-0.25, -0.2) is 0 Å². The Bertz CT molecular complexity index is 419. The highest BCUT2D eigenvalue weighted by Crippen LogP contribution is 2.42. The smallest absolute Gasteiger partial charge is 0.193 e. The molecule has 106 valence electrons. The second kappa shape index (κ2) is 5.44. The van der Waals surface area contributed by atoms with E-state index in [1.54, 1.807) is 12.1 Å². The van der Waals surface area contributed by atoms with Gasteiger partial charge in [0.1, 0.15) is 11.9 Å². The number of aliphatic hydroxyl groups is 1. The minimum atomic E-state index is -0.601. The molecule has 0 bridgehead atoms. The van der Waals surface area contributed by atoms with Crippen molar-refractivity contribution in [2.45, 2.75) is 37.4 Å². The van der Waals surface area contributed by atoms with Gasteiger partial charge in [-0.1, -0.05) is 0 Å². The summed E-state index contributed by atoms with van der Waals surface area (Å²) in [5, 5.41) is 10.8. The van der Waals surface area contributed by atoms with E-state index in [4.69, 9.17) is 25.5 Å². The van der Waals surface area contributed by atoms with Crippen LogP contribution in [0, 0.1) is 5.92 Å². The first-order valence-corrected chi connectivity index (χ1v) is 7.21. The van der Waals surface area contributed by atoms with Crippen LogP contribution in [-0.4, -0.2) is 30.5 Å². The SMILES string of the molecule is OC(c1ccc(Cl)o1)C1CCOC2(CCOCC2)C1. The number of ether oxygens (including phenoxy) is 2. The summed E-state index contributed by atoms with van der Waals surface area (Å²) < 4.78 is 16.7. The van der Waals surface area contributed by atoms with Crippen molar-refractivity contribution in [1.82, 2.24) is 0 Å². The van der Waals surface area contributed by atoms with Crippen molar-refractivity contribution < 1.29 is 19.0 Å². The molecule has 1 spiro atoms. The van der Waals surface area contributed by atoms with Crippen LogP contribution >= 0.6 is 11.6 Å². The minimum Gasteiger partial charge on any atom is -0.447 e. The lowest BCUT2D eigenvalue weighted by Gasteiger charge is -2.44. The zero-order valence-corrected chi connectivity index (χ0v) is 11.6. The molecule has 0 aliphatic carbocycles. The molecule has 2 saturated heterocycles. The van der Waals surface area contributed by atoms with E-state index in [1.165, 1.54) is 0 Å². The number of halogens is 1. The Hall–Kier alpha value is -0.550. The lowest BCUT2D eigenvalue weighted by molar-refractivity contribution is -0.160. The van der Waals surface area contributed by atoms with E-state index in [-0.39, 0.29) is 11.5 Å². The van der Waals surface area contributed by atoms with Crippen LogP contribution in [0.25, 0.3) is 0 Å². The van der Waals surface area contributed by atoms with Gasteiger partial charge >= 0.3 is 0 Å². The topological polar surface area (TPSA) is 51.8 Å². The normalized spacial score (nSPS) is 28.4. The molecule has 2 atom stereocenters. The monoisotopic (exact) mass is 286 g/mol. The average Bonchev–Trinajstić information content (AvgIpc) is 2.85. The van der Waals surface area contributed by atoms with Crippen molar-refractivity contribution >= 4 is 11.6 Å². The molecule has 2 fully saturated rings. The van der Waals surface area contributed by atoms with Crippen LogP contribution in [0.1, 0.15) is 37.5 Å². The van der Waals surface area contributed by atoms with Crippen molar-refractivity contribution in [3.8, 4) is 0 Å². The van der Waals surface area contributed by atoms with E-state index in [2.05, 4.69) is 0 Å². The van der Waals surface area contributed by atoms with Crippen molar-refractivity contribution in [1.29, 1.82) is 0 Å². The lowest BCUT2D eigenvalue weighted by atomic mass is 9.78. The van der Waals surface area contributed by atoms with Crippen LogP contribution < -0.4 is 0 Å². The zero-order chi connectivity index (χ0) is 13.3. The Morgan fingerprint density at radius 2 is 2.05 bits per heavy atom. The second-order valence-corrected chi connectivity index (χ2v) is 5.86.